The highest BCUT2D eigenvalue weighted by Crippen LogP contribution is 2.48. The van der Waals surface area contributed by atoms with Gasteiger partial charge in [-0.05, 0) is 144 Å². The predicted molar refractivity (Wildman–Crippen MR) is 325 cm³/mol. The van der Waals surface area contributed by atoms with E-state index in [2.05, 4.69) is 333 Å². The number of hydrogen-bond donors (Lipinski definition) is 0. The van der Waals surface area contributed by atoms with Crippen molar-refractivity contribution in [1.29, 1.82) is 0 Å². The number of nitrogens with zero attached hydrogens (tertiary/aromatic N) is 5. The van der Waals surface area contributed by atoms with Crippen LogP contribution in [0.3, 0.4) is 0 Å². The van der Waals surface area contributed by atoms with Crippen molar-refractivity contribution in [3.8, 4) is 22.5 Å². The molecule has 5 heteroatoms. The largest absolute Gasteiger partial charge is 0.314 e. The van der Waals surface area contributed by atoms with Crippen molar-refractivity contribution < 1.29 is 0 Å². The van der Waals surface area contributed by atoms with Gasteiger partial charge in [0, 0.05) is 78.9 Å². The van der Waals surface area contributed by atoms with Crippen LogP contribution in [-0.4, -0.2) is 9.13 Å². The van der Waals surface area contributed by atoms with Crippen LogP contribution in [0, 0.1) is 0 Å². The quantitative estimate of drug-likeness (QED) is 0.122. The zero-order chi connectivity index (χ0) is 51.1. The first kappa shape index (κ1) is 45.3. The Balaban J connectivity index is 1.02. The summed E-state index contributed by atoms with van der Waals surface area (Å²) in [5.74, 6) is 0. The van der Waals surface area contributed by atoms with Crippen LogP contribution in [0.1, 0.15) is 0 Å². The van der Waals surface area contributed by atoms with Crippen LogP contribution in [-0.2, 0) is 0 Å². The molecule has 364 valence electrons. The lowest BCUT2D eigenvalue weighted by Gasteiger charge is -2.30. The zero-order valence-corrected chi connectivity index (χ0v) is 42.2. The Labute approximate surface area is 448 Å². The van der Waals surface area contributed by atoms with Gasteiger partial charge in [-0.3, -0.25) is 0 Å². The van der Waals surface area contributed by atoms with E-state index in [4.69, 9.17) is 0 Å². The van der Waals surface area contributed by atoms with Gasteiger partial charge >= 0.3 is 0 Å². The van der Waals surface area contributed by atoms with Crippen molar-refractivity contribution in [2.24, 2.45) is 0 Å². The highest BCUT2D eigenvalue weighted by Gasteiger charge is 2.25. The second-order valence-electron chi connectivity index (χ2n) is 19.4. The van der Waals surface area contributed by atoms with E-state index in [1.165, 1.54) is 27.1 Å². The van der Waals surface area contributed by atoms with Gasteiger partial charge in [-0.1, -0.05) is 176 Å². The van der Waals surface area contributed by atoms with Crippen LogP contribution in [0.25, 0.3) is 66.0 Å². The van der Waals surface area contributed by atoms with Gasteiger partial charge in [-0.25, -0.2) is 0 Å². The number of fused-ring (bicyclic) bond motifs is 5. The molecular formula is C72H51N5. The lowest BCUT2D eigenvalue weighted by atomic mass is 10.00. The molecule has 0 saturated carbocycles. The van der Waals surface area contributed by atoms with Gasteiger partial charge in [-0.15, -0.1) is 0 Å². The molecule has 0 amide bonds. The Morgan fingerprint density at radius 2 is 0.727 bits per heavy atom. The minimum Gasteiger partial charge on any atom is -0.314 e. The smallest absolute Gasteiger partial charge is 0.0721 e. The van der Waals surface area contributed by atoms with E-state index in [-0.39, 0.29) is 0 Å². The Bertz CT molecular complexity index is 4200. The van der Waals surface area contributed by atoms with Gasteiger partial charge < -0.3 is 23.8 Å². The summed E-state index contributed by atoms with van der Waals surface area (Å²) in [5, 5.41) is 5.88. The average Bonchev–Trinajstić information content (AvgIpc) is 4.16. The van der Waals surface area contributed by atoms with Gasteiger partial charge in [0.2, 0.25) is 0 Å². The number of anilines is 9. The van der Waals surface area contributed by atoms with Gasteiger partial charge in [0.05, 0.1) is 27.9 Å². The molecular weight excluding hydrogens is 935 g/mol. The molecule has 14 rings (SSSR count). The average molecular weight is 986 g/mol. The molecule has 0 saturated heterocycles. The second-order valence-corrected chi connectivity index (χ2v) is 19.4. The first-order chi connectivity index (χ1) is 38.2. The molecule has 2 heterocycles. The topological polar surface area (TPSA) is 19.6 Å². The zero-order valence-electron chi connectivity index (χ0n) is 42.2. The van der Waals surface area contributed by atoms with E-state index in [0.717, 1.165) is 90.1 Å². The van der Waals surface area contributed by atoms with E-state index in [1.807, 2.05) is 0 Å². The van der Waals surface area contributed by atoms with Crippen molar-refractivity contribution in [3.05, 3.63) is 310 Å². The van der Waals surface area contributed by atoms with Gasteiger partial charge in [0.15, 0.2) is 0 Å². The highest BCUT2D eigenvalue weighted by atomic mass is 15.2. The van der Waals surface area contributed by atoms with Gasteiger partial charge in [0.25, 0.3) is 0 Å². The number of aromatic nitrogens is 2. The fraction of sp³-hybridized carbons (Fsp3) is 0. The van der Waals surface area contributed by atoms with E-state index >= 15 is 0 Å². The molecule has 0 atom stereocenters. The van der Waals surface area contributed by atoms with Crippen molar-refractivity contribution in [2.75, 3.05) is 14.7 Å². The predicted octanol–water partition coefficient (Wildman–Crippen LogP) is 20.0. The summed E-state index contributed by atoms with van der Waals surface area (Å²) in [7, 11) is 0. The van der Waals surface area contributed by atoms with Gasteiger partial charge in [0.1, 0.15) is 0 Å². The summed E-state index contributed by atoms with van der Waals surface area (Å²) in [6.07, 6.45) is 2.34. The summed E-state index contributed by atoms with van der Waals surface area (Å²) in [6.45, 7) is 0. The Kier molecular flexibility index (Phi) is 11.5. The molecule has 0 N–H and O–H groups in total. The Hall–Kier alpha value is -10.4. The lowest BCUT2D eigenvalue weighted by Crippen LogP contribution is -2.13. The molecule has 0 aliphatic rings. The molecule has 0 bridgehead atoms. The molecule has 0 unspecified atom stereocenters. The van der Waals surface area contributed by atoms with Crippen molar-refractivity contribution >= 4 is 94.7 Å². The van der Waals surface area contributed by atoms with Crippen LogP contribution in [0.2, 0.25) is 0 Å². The molecule has 0 aliphatic carbocycles. The first-order valence-corrected chi connectivity index (χ1v) is 26.2. The van der Waals surface area contributed by atoms with Crippen molar-refractivity contribution in [3.63, 3.8) is 0 Å². The second kappa shape index (κ2) is 19.5. The van der Waals surface area contributed by atoms with Crippen LogP contribution >= 0.6 is 0 Å². The van der Waals surface area contributed by atoms with E-state index in [9.17, 15) is 0 Å². The van der Waals surface area contributed by atoms with Crippen LogP contribution in [0.4, 0.5) is 51.2 Å². The molecule has 2 aromatic heterocycles. The van der Waals surface area contributed by atoms with Crippen LogP contribution < -0.4 is 14.7 Å². The maximum atomic E-state index is 2.48. The minimum absolute atomic E-state index is 1.04. The SMILES string of the molecule is c1ccc(N(c2ccccc2)c2cc(-c3ccc4c(N(c5ccc6c(c5)c5ccccc5n6-c5ccccc5)c5cccc6ccccc56)cn(-c5ccccc5)c4c3)cc(N(c3ccccc3)c3ccccc3)c2)cc1. The van der Waals surface area contributed by atoms with Crippen LogP contribution in [0.15, 0.2) is 310 Å². The minimum atomic E-state index is 1.04. The normalized spacial score (nSPS) is 11.4. The van der Waals surface area contributed by atoms with Crippen molar-refractivity contribution in [2.45, 2.75) is 0 Å². The third-order valence-electron chi connectivity index (χ3n) is 14.8. The maximum absolute atomic E-state index is 2.48. The Morgan fingerprint density at radius 1 is 0.234 bits per heavy atom. The summed E-state index contributed by atoms with van der Waals surface area (Å²) in [4.78, 5) is 7.20. The summed E-state index contributed by atoms with van der Waals surface area (Å²) >= 11 is 0. The Morgan fingerprint density at radius 3 is 1.32 bits per heavy atom. The number of benzene rings is 12. The molecule has 0 radical (unpaired) electrons. The summed E-state index contributed by atoms with van der Waals surface area (Å²) in [6, 6.07) is 109. The van der Waals surface area contributed by atoms with Crippen molar-refractivity contribution in [1.82, 2.24) is 9.13 Å². The molecule has 14 aromatic rings. The fourth-order valence-corrected chi connectivity index (χ4v) is 11.4. The van der Waals surface area contributed by atoms with E-state index in [0.29, 0.717) is 0 Å². The first-order valence-electron chi connectivity index (χ1n) is 26.2. The van der Waals surface area contributed by atoms with Crippen LogP contribution in [0.5, 0.6) is 0 Å². The highest BCUT2D eigenvalue weighted by molar-refractivity contribution is 6.12. The number of para-hydroxylation sites is 7. The number of rotatable bonds is 12. The lowest BCUT2D eigenvalue weighted by molar-refractivity contribution is 1.12. The molecule has 0 fully saturated rings. The molecule has 12 aromatic carbocycles. The standard InChI is InChI=1S/C72H51N5/c1-7-26-55(27-8-1)73-51-72(77(68-41-23-25-52-24-19-20-38-64(52)68)61-43-45-70-67(50-61)65-39-21-22-40-69(65)76(70)60-36-17-6-18-37-60)66-44-42-53(48-71(66)73)54-46-62(74(56-28-9-2-10-29-56)57-30-11-3-12-31-57)49-63(47-54)75(58-32-13-4-14-33-58)59-34-15-5-16-35-59/h1-51H. The molecule has 5 nitrogen and oxygen atoms in total. The van der Waals surface area contributed by atoms with E-state index < -0.39 is 0 Å². The third-order valence-corrected chi connectivity index (χ3v) is 14.8. The summed E-state index contributed by atoms with van der Waals surface area (Å²) in [5.41, 5.74) is 17.4. The molecule has 0 aliphatic heterocycles. The van der Waals surface area contributed by atoms with E-state index in [1.54, 1.807) is 0 Å². The maximum Gasteiger partial charge on any atom is 0.0721 e. The summed E-state index contributed by atoms with van der Waals surface area (Å²) < 4.78 is 4.76. The molecule has 77 heavy (non-hydrogen) atoms. The fourth-order valence-electron chi connectivity index (χ4n) is 11.4. The monoisotopic (exact) mass is 985 g/mol. The van der Waals surface area contributed by atoms with Gasteiger partial charge in [-0.2, -0.15) is 0 Å². The third kappa shape index (κ3) is 8.24. The molecule has 0 spiro atoms. The number of hydrogen-bond acceptors (Lipinski definition) is 3.